The van der Waals surface area contributed by atoms with Gasteiger partial charge in [-0.25, -0.2) is 14.4 Å². The topological polar surface area (TPSA) is 106 Å². The van der Waals surface area contributed by atoms with E-state index in [0.29, 0.717) is 60.0 Å². The quantitative estimate of drug-likeness (QED) is 0.348. The average molecular weight is 564 g/mol. The first kappa shape index (κ1) is 29.8. The van der Waals surface area contributed by atoms with E-state index in [2.05, 4.69) is 39.3 Å². The molecular weight excluding hydrogens is 525 g/mol. The molecule has 41 heavy (non-hydrogen) atoms. The SMILES string of the molecule is CCNC(=O)c1cc(F)cc(-c2nccc(N3CCC(CNC(=O)c4cc(OC)cc(OCC(C)C)c4)CC3)n2)c1. The number of halogens is 1. The third-order valence-electron chi connectivity index (χ3n) is 6.85. The fraction of sp³-hybridized carbons (Fsp3) is 0.419. The molecule has 1 fully saturated rings. The summed E-state index contributed by atoms with van der Waals surface area (Å²) >= 11 is 0. The molecular formula is C31H38FN5O4. The van der Waals surface area contributed by atoms with Gasteiger partial charge in [-0.3, -0.25) is 9.59 Å². The van der Waals surface area contributed by atoms with Gasteiger partial charge in [-0.05, 0) is 68.0 Å². The van der Waals surface area contributed by atoms with Gasteiger partial charge in [-0.1, -0.05) is 13.8 Å². The Labute approximate surface area is 240 Å². The second kappa shape index (κ2) is 13.9. The number of amides is 2. The van der Waals surface area contributed by atoms with Crippen molar-refractivity contribution in [3.8, 4) is 22.9 Å². The van der Waals surface area contributed by atoms with Gasteiger partial charge >= 0.3 is 0 Å². The van der Waals surface area contributed by atoms with Crippen LogP contribution in [0, 0.1) is 17.7 Å². The Balaban J connectivity index is 1.34. The minimum Gasteiger partial charge on any atom is -0.497 e. The molecule has 9 nitrogen and oxygen atoms in total. The van der Waals surface area contributed by atoms with Crippen molar-refractivity contribution >= 4 is 17.6 Å². The Morgan fingerprint density at radius 1 is 1.02 bits per heavy atom. The molecule has 2 aromatic carbocycles. The fourth-order valence-corrected chi connectivity index (χ4v) is 4.65. The van der Waals surface area contributed by atoms with E-state index < -0.39 is 5.82 Å². The number of nitrogens with zero attached hydrogens (tertiary/aromatic N) is 3. The molecule has 2 N–H and O–H groups in total. The number of carbonyl (C=O) groups is 2. The van der Waals surface area contributed by atoms with Crippen LogP contribution in [-0.4, -0.2) is 61.7 Å². The maximum atomic E-state index is 14.3. The summed E-state index contributed by atoms with van der Waals surface area (Å²) in [5.41, 5.74) is 1.18. The van der Waals surface area contributed by atoms with Crippen LogP contribution in [-0.2, 0) is 0 Å². The highest BCUT2D eigenvalue weighted by Gasteiger charge is 2.22. The molecule has 1 aromatic heterocycles. The summed E-state index contributed by atoms with van der Waals surface area (Å²) in [5.74, 6) is 1.95. The Morgan fingerprint density at radius 3 is 2.44 bits per heavy atom. The maximum Gasteiger partial charge on any atom is 0.251 e. The lowest BCUT2D eigenvalue weighted by Gasteiger charge is -2.33. The van der Waals surface area contributed by atoms with Crippen LogP contribution in [0.2, 0.25) is 0 Å². The molecule has 2 heterocycles. The molecule has 10 heteroatoms. The van der Waals surface area contributed by atoms with E-state index in [1.54, 1.807) is 37.6 Å². The van der Waals surface area contributed by atoms with Crippen molar-refractivity contribution in [3.05, 3.63) is 65.6 Å². The van der Waals surface area contributed by atoms with Crippen LogP contribution in [0.25, 0.3) is 11.4 Å². The van der Waals surface area contributed by atoms with Crippen LogP contribution < -0.4 is 25.0 Å². The summed E-state index contributed by atoms with van der Waals surface area (Å²) in [6.45, 7) is 9.03. The van der Waals surface area contributed by atoms with Crippen molar-refractivity contribution in [2.75, 3.05) is 44.8 Å². The van der Waals surface area contributed by atoms with Crippen molar-refractivity contribution < 1.29 is 23.5 Å². The van der Waals surface area contributed by atoms with Crippen molar-refractivity contribution in [2.24, 2.45) is 11.8 Å². The third-order valence-corrected chi connectivity index (χ3v) is 6.85. The molecule has 1 aliphatic heterocycles. The molecule has 0 radical (unpaired) electrons. The summed E-state index contributed by atoms with van der Waals surface area (Å²) in [6.07, 6.45) is 3.40. The van der Waals surface area contributed by atoms with Gasteiger partial charge in [0.1, 0.15) is 23.1 Å². The number of hydrogen-bond acceptors (Lipinski definition) is 7. The molecule has 1 saturated heterocycles. The predicted molar refractivity (Wildman–Crippen MR) is 156 cm³/mol. The van der Waals surface area contributed by atoms with Gasteiger partial charge in [0.15, 0.2) is 5.82 Å². The number of carbonyl (C=O) groups excluding carboxylic acids is 2. The zero-order chi connectivity index (χ0) is 29.4. The minimum atomic E-state index is -0.520. The summed E-state index contributed by atoms with van der Waals surface area (Å²) in [5, 5.41) is 5.75. The number of anilines is 1. The Hall–Kier alpha value is -4.21. The van der Waals surface area contributed by atoms with Crippen LogP contribution >= 0.6 is 0 Å². The largest absolute Gasteiger partial charge is 0.497 e. The van der Waals surface area contributed by atoms with E-state index in [-0.39, 0.29) is 17.4 Å². The van der Waals surface area contributed by atoms with E-state index in [1.807, 2.05) is 13.0 Å². The number of nitrogens with one attached hydrogen (secondary N) is 2. The Morgan fingerprint density at radius 2 is 1.73 bits per heavy atom. The van der Waals surface area contributed by atoms with Crippen LogP contribution in [0.15, 0.2) is 48.7 Å². The van der Waals surface area contributed by atoms with E-state index in [0.717, 1.165) is 31.7 Å². The lowest BCUT2D eigenvalue weighted by atomic mass is 9.96. The van der Waals surface area contributed by atoms with E-state index in [4.69, 9.17) is 9.47 Å². The first-order valence-corrected chi connectivity index (χ1v) is 14.0. The molecule has 0 aliphatic carbocycles. The molecule has 218 valence electrons. The summed E-state index contributed by atoms with van der Waals surface area (Å²) < 4.78 is 25.4. The zero-order valence-electron chi connectivity index (χ0n) is 24.1. The van der Waals surface area contributed by atoms with Gasteiger partial charge in [0, 0.05) is 55.1 Å². The molecule has 4 rings (SSSR count). The summed E-state index contributed by atoms with van der Waals surface area (Å²) in [4.78, 5) is 36.3. The molecule has 0 spiro atoms. The maximum absolute atomic E-state index is 14.3. The van der Waals surface area contributed by atoms with Crippen LogP contribution in [0.3, 0.4) is 0 Å². The number of benzene rings is 2. The van der Waals surface area contributed by atoms with Crippen molar-refractivity contribution in [2.45, 2.75) is 33.6 Å². The standard InChI is InChI=1S/C31H38FN5O4/c1-5-33-30(38)23-12-22(13-25(32)14-23)29-34-9-6-28(36-29)37-10-7-21(8-11-37)18-35-31(39)24-15-26(40-4)17-27(16-24)41-19-20(2)3/h6,9,12-17,20-21H,5,7-8,10-11,18-19H2,1-4H3,(H,33,38)(H,35,39). The second-order valence-electron chi connectivity index (χ2n) is 10.6. The molecule has 1 aliphatic rings. The fourth-order valence-electron chi connectivity index (χ4n) is 4.65. The molecule has 2 amide bonds. The molecule has 3 aromatic rings. The van der Waals surface area contributed by atoms with Gasteiger partial charge in [0.25, 0.3) is 11.8 Å². The lowest BCUT2D eigenvalue weighted by molar-refractivity contribution is 0.0940. The number of methoxy groups -OCH3 is 1. The van der Waals surface area contributed by atoms with Crippen molar-refractivity contribution in [3.63, 3.8) is 0 Å². The summed E-state index contributed by atoms with van der Waals surface area (Å²) in [6, 6.07) is 11.2. The number of rotatable bonds is 11. The smallest absolute Gasteiger partial charge is 0.251 e. The first-order valence-electron chi connectivity index (χ1n) is 14.0. The van der Waals surface area contributed by atoms with Crippen molar-refractivity contribution in [1.82, 2.24) is 20.6 Å². The highest BCUT2D eigenvalue weighted by Crippen LogP contribution is 2.26. The average Bonchev–Trinajstić information content (AvgIpc) is 2.98. The van der Waals surface area contributed by atoms with Gasteiger partial charge in [0.2, 0.25) is 0 Å². The number of ether oxygens (including phenoxy) is 2. The van der Waals surface area contributed by atoms with Crippen molar-refractivity contribution in [1.29, 1.82) is 0 Å². The molecule has 0 atom stereocenters. The van der Waals surface area contributed by atoms with E-state index in [1.165, 1.54) is 12.1 Å². The Kier molecular flexibility index (Phi) is 10.1. The number of hydrogen-bond donors (Lipinski definition) is 2. The zero-order valence-corrected chi connectivity index (χ0v) is 24.1. The van der Waals surface area contributed by atoms with E-state index >= 15 is 0 Å². The molecule has 0 unspecified atom stereocenters. The number of aromatic nitrogens is 2. The van der Waals surface area contributed by atoms with Gasteiger partial charge in [-0.2, -0.15) is 0 Å². The third kappa shape index (κ3) is 8.15. The van der Waals surface area contributed by atoms with Gasteiger partial charge in [-0.15, -0.1) is 0 Å². The highest BCUT2D eigenvalue weighted by molar-refractivity contribution is 5.95. The molecule has 0 saturated carbocycles. The van der Waals surface area contributed by atoms with Crippen LogP contribution in [0.1, 0.15) is 54.3 Å². The first-order chi connectivity index (χ1) is 19.7. The van der Waals surface area contributed by atoms with Gasteiger partial charge in [0.05, 0.1) is 13.7 Å². The molecule has 0 bridgehead atoms. The lowest BCUT2D eigenvalue weighted by Crippen LogP contribution is -2.39. The van der Waals surface area contributed by atoms with Crippen LogP contribution in [0.5, 0.6) is 11.5 Å². The highest BCUT2D eigenvalue weighted by atomic mass is 19.1. The minimum absolute atomic E-state index is 0.164. The predicted octanol–water partition coefficient (Wildman–Crippen LogP) is 4.72. The van der Waals surface area contributed by atoms with Crippen LogP contribution in [0.4, 0.5) is 10.2 Å². The van der Waals surface area contributed by atoms with Gasteiger partial charge < -0.3 is 25.0 Å². The summed E-state index contributed by atoms with van der Waals surface area (Å²) in [7, 11) is 1.57. The normalized spacial score (nSPS) is 13.7. The Bertz CT molecular complexity index is 1360. The van der Waals surface area contributed by atoms with E-state index in [9.17, 15) is 14.0 Å². The second-order valence-corrected chi connectivity index (χ2v) is 10.6. The monoisotopic (exact) mass is 563 g/mol. The number of piperidine rings is 1.